The Hall–Kier alpha value is -18.8. The molecule has 0 radical (unpaired) electrons. The molecule has 704 valence electrons. The zero-order chi connectivity index (χ0) is 99.2. The van der Waals surface area contributed by atoms with Crippen LogP contribution in [0.15, 0.2) is 437 Å². The van der Waals surface area contributed by atoms with Gasteiger partial charge < -0.3 is 17.7 Å². The highest BCUT2D eigenvalue weighted by Crippen LogP contribution is 2.60. The molecule has 0 bridgehead atoms. The van der Waals surface area contributed by atoms with Gasteiger partial charge in [-0.05, 0) is 171 Å². The van der Waals surface area contributed by atoms with Gasteiger partial charge in [-0.25, -0.2) is 49.8 Å². The van der Waals surface area contributed by atoms with Crippen LogP contribution in [0.25, 0.3) is 246 Å². The maximum absolute atomic E-state index is 6.79. The fourth-order valence-corrected chi connectivity index (χ4v) is 23.3. The summed E-state index contributed by atoms with van der Waals surface area (Å²) in [6.07, 6.45) is 5.84. The molecule has 0 N–H and O–H groups in total. The fourth-order valence-electron chi connectivity index (χ4n) is 23.3. The van der Waals surface area contributed by atoms with E-state index in [0.717, 1.165) is 166 Å². The van der Waals surface area contributed by atoms with E-state index >= 15 is 0 Å². The maximum atomic E-state index is 6.79. The van der Waals surface area contributed by atoms with Crippen LogP contribution < -0.4 is 0 Å². The van der Waals surface area contributed by atoms with Crippen molar-refractivity contribution in [2.24, 2.45) is 11.8 Å². The lowest BCUT2D eigenvalue weighted by molar-refractivity contribution is 0.280. The lowest BCUT2D eigenvalue weighted by Gasteiger charge is -2.40. The van der Waals surface area contributed by atoms with Gasteiger partial charge in [-0.15, -0.1) is 0 Å². The summed E-state index contributed by atoms with van der Waals surface area (Å²) in [5, 5.41) is 8.42. The van der Waals surface area contributed by atoms with E-state index in [9.17, 15) is 0 Å². The Bertz CT molecular complexity index is 9690. The monoisotopic (exact) mass is 1910 g/mol. The molecule has 1 unspecified atom stereocenters. The number of aromatic nitrogens is 12. The molecular weight excluding hydrogens is 1820 g/mol. The first-order valence-corrected chi connectivity index (χ1v) is 50.2. The molecule has 0 saturated heterocycles. The largest absolute Gasteiger partial charge is 0.456 e. The molecule has 26 aromatic rings. The molecule has 29 rings (SSSR count). The number of para-hydroxylation sites is 3. The van der Waals surface area contributed by atoms with E-state index in [-0.39, 0.29) is 10.8 Å². The van der Waals surface area contributed by atoms with Crippen LogP contribution in [0.4, 0.5) is 0 Å². The third-order valence-corrected chi connectivity index (χ3v) is 30.4. The standard InChI is InChI=1S/C52H32N4O2.C41H28N4O.C39H32N4O/c1-52(34-18-6-3-7-19-34)41-30-46-40(35-20-8-10-23-43(35)58-46)29-39(41)36-26-27-42(53-48(36)52)32-16-12-17-33(28-32)50-54-49(31-14-4-2-5-15-31)55-51(56-50)38-22-13-25-45-47(38)37-21-9-11-24-44(37)57-45;1-41(2)34-19-10-9-18-30(34)31-22-32-33-21-29(24-42-40(33)46-36(32)23-35(31)41)27-16-11-17-28(20-27)39-44-37(25-12-5-3-6-13-25)43-38(45-39)26-14-7-4-8-15-26;1-23(2)39(24(3)4)32-18-19-40-22-31(32)29-20-30-27-16-11-17-28(35(27)44-34(30)21-33(29)39)38-42-36(25-12-7-5-8-13-25)41-37(43-38)26-14-9-6-10-15-26/h2-30H,1H3;3-24H,1-2H3;5-24H,1-4H3. The van der Waals surface area contributed by atoms with Crippen LogP contribution in [0.5, 0.6) is 0 Å². The van der Waals surface area contributed by atoms with E-state index < -0.39 is 5.41 Å². The molecule has 1 atom stereocenters. The van der Waals surface area contributed by atoms with Gasteiger partial charge in [0.15, 0.2) is 52.4 Å². The Morgan fingerprint density at radius 2 is 0.649 bits per heavy atom. The number of hydrogen-bond donors (Lipinski definition) is 0. The van der Waals surface area contributed by atoms with Gasteiger partial charge in [0.25, 0.3) is 0 Å². The van der Waals surface area contributed by atoms with Gasteiger partial charge >= 0.3 is 0 Å². The molecule has 0 saturated carbocycles. The predicted molar refractivity (Wildman–Crippen MR) is 593 cm³/mol. The molecule has 148 heavy (non-hydrogen) atoms. The maximum Gasteiger partial charge on any atom is 0.227 e. The zero-order valence-corrected chi connectivity index (χ0v) is 82.0. The molecule has 0 aliphatic heterocycles. The van der Waals surface area contributed by atoms with Crippen molar-refractivity contribution in [1.29, 1.82) is 0 Å². The lowest BCUT2D eigenvalue weighted by atomic mass is 9.63. The number of nitrogens with zero attached hydrogens (tertiary/aromatic N) is 12. The third kappa shape index (κ3) is 14.5. The summed E-state index contributed by atoms with van der Waals surface area (Å²) in [5.74, 6) is 6.28. The van der Waals surface area contributed by atoms with Crippen LogP contribution in [0.2, 0.25) is 0 Å². The van der Waals surface area contributed by atoms with E-state index in [1.165, 1.54) is 61.2 Å². The number of fused-ring (bicyclic) bond motifs is 21. The van der Waals surface area contributed by atoms with Gasteiger partial charge in [-0.1, -0.05) is 351 Å². The van der Waals surface area contributed by atoms with Gasteiger partial charge in [0, 0.05) is 139 Å². The number of hydrogen-bond acceptors (Lipinski definition) is 16. The van der Waals surface area contributed by atoms with Crippen LogP contribution in [-0.4, -0.2) is 59.8 Å². The van der Waals surface area contributed by atoms with Crippen LogP contribution in [0, 0.1) is 11.8 Å². The van der Waals surface area contributed by atoms with Gasteiger partial charge in [0.1, 0.15) is 39.1 Å². The van der Waals surface area contributed by atoms with Crippen molar-refractivity contribution in [1.82, 2.24) is 59.8 Å². The summed E-state index contributed by atoms with van der Waals surface area (Å²) >= 11 is 0. The molecule has 16 heteroatoms. The minimum absolute atomic E-state index is 0.0894. The quantitative estimate of drug-likeness (QED) is 0.0992. The molecule has 10 heterocycles. The van der Waals surface area contributed by atoms with Gasteiger partial charge in [-0.2, -0.15) is 0 Å². The smallest absolute Gasteiger partial charge is 0.227 e. The number of pyridine rings is 3. The van der Waals surface area contributed by atoms with E-state index in [4.69, 9.17) is 72.5 Å². The third-order valence-electron chi connectivity index (χ3n) is 30.4. The average molecular weight is 1910 g/mol. The Morgan fingerprint density at radius 3 is 1.26 bits per heavy atom. The minimum Gasteiger partial charge on any atom is -0.456 e. The number of benzene rings is 16. The lowest BCUT2D eigenvalue weighted by Crippen LogP contribution is -2.37. The molecule has 16 aromatic carbocycles. The van der Waals surface area contributed by atoms with Crippen molar-refractivity contribution in [3.05, 3.63) is 458 Å². The van der Waals surface area contributed by atoms with E-state index in [2.05, 4.69) is 242 Å². The average Bonchev–Trinajstić information content (AvgIpc) is 1.55. The van der Waals surface area contributed by atoms with Crippen molar-refractivity contribution >= 4 is 87.9 Å². The molecule has 0 spiro atoms. The Labute approximate surface area is 852 Å². The number of rotatable bonds is 14. The predicted octanol–water partition coefficient (Wildman–Crippen LogP) is 33.0. The first-order valence-electron chi connectivity index (χ1n) is 50.2. The van der Waals surface area contributed by atoms with E-state index in [0.29, 0.717) is 70.0 Å². The van der Waals surface area contributed by atoms with Crippen LogP contribution in [0.1, 0.15) is 87.5 Å². The second-order valence-corrected chi connectivity index (χ2v) is 39.8. The normalized spacial score (nSPS) is 13.9. The fraction of sp³-hybridized carbons (Fsp3) is 0.0909. The highest BCUT2D eigenvalue weighted by molar-refractivity contribution is 6.14. The Morgan fingerprint density at radius 1 is 0.230 bits per heavy atom. The van der Waals surface area contributed by atoms with Crippen LogP contribution in [-0.2, 0) is 16.2 Å². The molecule has 3 aliphatic rings. The first kappa shape index (κ1) is 88.2. The van der Waals surface area contributed by atoms with Crippen molar-refractivity contribution in [3.63, 3.8) is 0 Å². The summed E-state index contributed by atoms with van der Waals surface area (Å²) in [6, 6.07) is 137. The molecule has 0 amide bonds. The van der Waals surface area contributed by atoms with E-state index in [1.807, 2.05) is 231 Å². The summed E-state index contributed by atoms with van der Waals surface area (Å²) in [4.78, 5) is 59.7. The Kier molecular flexibility index (Phi) is 20.9. The summed E-state index contributed by atoms with van der Waals surface area (Å²) in [7, 11) is 0. The highest BCUT2D eigenvalue weighted by atomic mass is 16.3. The number of furan rings is 4. The SMILES string of the molecule is CC(C)C1(C(C)C)c2ccncc2-c2cc3c(cc21)oc1c(-c2nc(-c4ccccc4)nc(-c4ccccc4)n2)cccc13.CC1(C)c2ccccc2-c2cc3c(cc21)oc1ncc(-c2cccc(-c4nc(-c5ccccc5)nc(-c5ccccc5)n4)c2)cc13.CC1(c2ccccc2)c2cc3oc4ccccc4c3cc2-c2ccc(-c3cccc(-c4nc(-c5ccccc5)nc(-c5cccc6oc7ccccc7c56)n4)c3)nc21. The van der Waals surface area contributed by atoms with Crippen LogP contribution in [0.3, 0.4) is 0 Å². The van der Waals surface area contributed by atoms with Crippen molar-refractivity contribution < 1.29 is 17.7 Å². The molecule has 16 nitrogen and oxygen atoms in total. The van der Waals surface area contributed by atoms with Crippen molar-refractivity contribution in [2.45, 2.75) is 64.7 Å². The first-order chi connectivity index (χ1) is 72.6. The van der Waals surface area contributed by atoms with Gasteiger partial charge in [0.2, 0.25) is 5.71 Å². The topological polar surface area (TPSA) is 207 Å². The van der Waals surface area contributed by atoms with Crippen LogP contribution >= 0.6 is 0 Å². The molecule has 10 aromatic heterocycles. The van der Waals surface area contributed by atoms with E-state index in [1.54, 1.807) is 0 Å². The second kappa shape index (κ2) is 35.1. The van der Waals surface area contributed by atoms with Crippen molar-refractivity contribution in [3.8, 4) is 158 Å². The minimum atomic E-state index is -0.515. The summed E-state index contributed by atoms with van der Waals surface area (Å²) in [6.45, 7) is 16.2. The molecule has 3 aliphatic carbocycles. The molecular formula is C132H92N12O4. The highest BCUT2D eigenvalue weighted by Gasteiger charge is 2.49. The zero-order valence-electron chi connectivity index (χ0n) is 82.0. The Balaban J connectivity index is 0.000000111. The van der Waals surface area contributed by atoms with Gasteiger partial charge in [-0.3, -0.25) is 9.97 Å². The molecule has 0 fully saturated rings. The second-order valence-electron chi connectivity index (χ2n) is 39.8. The summed E-state index contributed by atoms with van der Waals surface area (Å²) in [5.41, 5.74) is 33.9. The van der Waals surface area contributed by atoms with Gasteiger partial charge in [0.05, 0.1) is 22.4 Å². The van der Waals surface area contributed by atoms with Crippen molar-refractivity contribution in [2.75, 3.05) is 0 Å². The summed E-state index contributed by atoms with van der Waals surface area (Å²) < 4.78 is 25.8.